The van der Waals surface area contributed by atoms with E-state index in [-0.39, 0.29) is 6.61 Å². The third kappa shape index (κ3) is 3.94. The summed E-state index contributed by atoms with van der Waals surface area (Å²) in [7, 11) is 0. The molecule has 3 aromatic carbocycles. The zero-order chi connectivity index (χ0) is 21.1. The number of amides is 1. The van der Waals surface area contributed by atoms with Gasteiger partial charge in [-0.1, -0.05) is 72.3 Å². The summed E-state index contributed by atoms with van der Waals surface area (Å²) >= 11 is 5.99. The van der Waals surface area contributed by atoms with Crippen molar-refractivity contribution in [1.29, 1.82) is 0 Å². The third-order valence-corrected chi connectivity index (χ3v) is 5.30. The van der Waals surface area contributed by atoms with Crippen molar-refractivity contribution in [3.05, 3.63) is 113 Å². The van der Waals surface area contributed by atoms with Crippen molar-refractivity contribution in [3.63, 3.8) is 0 Å². The van der Waals surface area contributed by atoms with E-state index in [1.54, 1.807) is 72.8 Å². The van der Waals surface area contributed by atoms with E-state index < -0.39 is 29.7 Å². The van der Waals surface area contributed by atoms with E-state index >= 15 is 0 Å². The number of rotatable bonds is 6. The largest absolute Gasteiger partial charge is 0.487 e. The lowest BCUT2D eigenvalue weighted by Crippen LogP contribution is -2.56. The second-order valence-electron chi connectivity index (χ2n) is 6.92. The quantitative estimate of drug-likeness (QED) is 0.339. The van der Waals surface area contributed by atoms with Gasteiger partial charge in [0.15, 0.2) is 5.76 Å². The average Bonchev–Trinajstić information content (AvgIpc) is 2.76. The molecule has 1 saturated heterocycles. The van der Waals surface area contributed by atoms with Crippen LogP contribution in [0.3, 0.4) is 0 Å². The average molecular weight is 426 g/mol. The Balaban J connectivity index is 1.68. The van der Waals surface area contributed by atoms with Crippen LogP contribution in [0.25, 0.3) is 0 Å². The summed E-state index contributed by atoms with van der Waals surface area (Å²) < 4.78 is 33.3. The fourth-order valence-electron chi connectivity index (χ4n) is 3.62. The molecule has 1 amide bonds. The highest BCUT2D eigenvalue weighted by Crippen LogP contribution is 2.48. The molecular weight excluding hydrogens is 408 g/mol. The van der Waals surface area contributed by atoms with Crippen LogP contribution >= 0.6 is 11.6 Å². The van der Waals surface area contributed by atoms with Crippen LogP contribution in [0.4, 0.5) is 14.5 Å². The van der Waals surface area contributed by atoms with Crippen molar-refractivity contribution in [3.8, 4) is 0 Å². The van der Waals surface area contributed by atoms with Gasteiger partial charge in [-0.15, -0.1) is 0 Å². The molecule has 1 fully saturated rings. The minimum absolute atomic E-state index is 0.0457. The first-order chi connectivity index (χ1) is 14.6. The van der Waals surface area contributed by atoms with Gasteiger partial charge in [0, 0.05) is 10.7 Å². The minimum atomic E-state index is -1.99. The predicted molar refractivity (Wildman–Crippen MR) is 112 cm³/mol. The number of carbonyl (C=O) groups is 1. The molecular formula is C24H18ClF2NO2. The molecule has 6 heteroatoms. The Kier molecular flexibility index (Phi) is 5.81. The van der Waals surface area contributed by atoms with Gasteiger partial charge in [-0.3, -0.25) is 4.79 Å². The lowest BCUT2D eigenvalue weighted by Gasteiger charge is -2.47. The van der Waals surface area contributed by atoms with Crippen LogP contribution in [0.15, 0.2) is 96.8 Å². The first-order valence-electron chi connectivity index (χ1n) is 9.41. The maximum atomic E-state index is 13.9. The van der Waals surface area contributed by atoms with Crippen LogP contribution in [0.2, 0.25) is 5.02 Å². The van der Waals surface area contributed by atoms with Gasteiger partial charge in [-0.2, -0.15) is 8.78 Å². The Bertz CT molecular complexity index is 1050. The SMILES string of the molecule is O=C1[C@H](C(OCc2ccccc2)=C(F)F)[C@H](c2ccc(Cl)cc2)N1c1ccccc1. The van der Waals surface area contributed by atoms with Crippen molar-refractivity contribution in [2.45, 2.75) is 12.6 Å². The van der Waals surface area contributed by atoms with E-state index in [1.165, 1.54) is 4.90 Å². The van der Waals surface area contributed by atoms with Crippen molar-refractivity contribution in [2.24, 2.45) is 5.92 Å². The zero-order valence-electron chi connectivity index (χ0n) is 15.8. The van der Waals surface area contributed by atoms with E-state index in [0.29, 0.717) is 16.3 Å². The summed E-state index contributed by atoms with van der Waals surface area (Å²) in [6.45, 7) is -0.0457. The lowest BCUT2D eigenvalue weighted by molar-refractivity contribution is -0.131. The third-order valence-electron chi connectivity index (χ3n) is 5.05. The Labute approximate surface area is 178 Å². The number of halogens is 3. The summed E-state index contributed by atoms with van der Waals surface area (Å²) in [6.07, 6.45) is -1.99. The molecule has 3 aromatic rings. The first-order valence-corrected chi connectivity index (χ1v) is 9.79. The van der Waals surface area contributed by atoms with Crippen LogP contribution < -0.4 is 4.90 Å². The molecule has 0 aliphatic carbocycles. The summed E-state index contributed by atoms with van der Waals surface area (Å²) in [5, 5.41) is 0.528. The molecule has 0 radical (unpaired) electrons. The lowest BCUT2D eigenvalue weighted by atomic mass is 9.80. The number of hydrogen-bond acceptors (Lipinski definition) is 2. The molecule has 30 heavy (non-hydrogen) atoms. The monoisotopic (exact) mass is 425 g/mol. The number of carbonyl (C=O) groups excluding carboxylic acids is 1. The van der Waals surface area contributed by atoms with E-state index in [9.17, 15) is 13.6 Å². The smallest absolute Gasteiger partial charge is 0.308 e. The summed E-state index contributed by atoms with van der Waals surface area (Å²) in [5.74, 6) is -2.13. The minimum Gasteiger partial charge on any atom is -0.487 e. The Hall–Kier alpha value is -3.18. The summed E-state index contributed by atoms with van der Waals surface area (Å²) in [4.78, 5) is 14.5. The number of benzene rings is 3. The van der Waals surface area contributed by atoms with Gasteiger partial charge in [0.25, 0.3) is 0 Å². The van der Waals surface area contributed by atoms with Crippen LogP contribution in [-0.2, 0) is 16.1 Å². The molecule has 3 nitrogen and oxygen atoms in total. The van der Waals surface area contributed by atoms with E-state index in [1.807, 2.05) is 12.1 Å². The van der Waals surface area contributed by atoms with Crippen LogP contribution in [-0.4, -0.2) is 5.91 Å². The number of ether oxygens (including phenoxy) is 1. The molecule has 4 rings (SSSR count). The van der Waals surface area contributed by atoms with Gasteiger partial charge in [0.2, 0.25) is 5.91 Å². The second-order valence-corrected chi connectivity index (χ2v) is 7.35. The highest BCUT2D eigenvalue weighted by atomic mass is 35.5. The van der Waals surface area contributed by atoms with E-state index in [2.05, 4.69) is 0 Å². The maximum absolute atomic E-state index is 13.9. The predicted octanol–water partition coefficient (Wildman–Crippen LogP) is 6.37. The Morgan fingerprint density at radius 3 is 2.10 bits per heavy atom. The molecule has 0 N–H and O–H groups in total. The fraction of sp³-hybridized carbons (Fsp3) is 0.125. The van der Waals surface area contributed by atoms with E-state index in [4.69, 9.17) is 16.3 Å². The molecule has 152 valence electrons. The van der Waals surface area contributed by atoms with Crippen molar-refractivity contribution < 1.29 is 18.3 Å². The second kappa shape index (κ2) is 8.67. The molecule has 0 saturated carbocycles. The molecule has 1 heterocycles. The van der Waals surface area contributed by atoms with Crippen LogP contribution in [0.5, 0.6) is 0 Å². The van der Waals surface area contributed by atoms with Gasteiger partial charge in [-0.25, -0.2) is 0 Å². The van der Waals surface area contributed by atoms with Crippen LogP contribution in [0, 0.1) is 5.92 Å². The first kappa shape index (κ1) is 20.1. The van der Waals surface area contributed by atoms with Gasteiger partial charge >= 0.3 is 6.08 Å². The Morgan fingerprint density at radius 2 is 1.50 bits per heavy atom. The zero-order valence-corrected chi connectivity index (χ0v) is 16.6. The maximum Gasteiger partial charge on any atom is 0.308 e. The summed E-state index contributed by atoms with van der Waals surface area (Å²) in [6, 6.07) is 24.2. The molecule has 0 spiro atoms. The fourth-order valence-corrected chi connectivity index (χ4v) is 3.75. The highest BCUT2D eigenvalue weighted by Gasteiger charge is 2.53. The number of anilines is 1. The van der Waals surface area contributed by atoms with Gasteiger partial charge in [-0.05, 0) is 35.4 Å². The standard InChI is InChI=1S/C24H18ClF2NO2/c25-18-13-11-17(12-14-18)21-20(24(29)28(21)19-9-5-2-6-10-19)22(23(26)27)30-15-16-7-3-1-4-8-16/h1-14,20-21H,15H2/t20-,21-/m0/s1. The molecule has 0 unspecified atom stereocenters. The number of nitrogens with zero attached hydrogens (tertiary/aromatic N) is 1. The van der Waals surface area contributed by atoms with Crippen molar-refractivity contribution >= 4 is 23.2 Å². The normalized spacial score (nSPS) is 18.0. The summed E-state index contributed by atoms with van der Waals surface area (Å²) in [5.41, 5.74) is 2.08. The van der Waals surface area contributed by atoms with Crippen LogP contribution in [0.1, 0.15) is 17.2 Å². The van der Waals surface area contributed by atoms with Crippen molar-refractivity contribution in [1.82, 2.24) is 0 Å². The van der Waals surface area contributed by atoms with Gasteiger partial charge < -0.3 is 9.64 Å². The molecule has 0 aromatic heterocycles. The van der Waals surface area contributed by atoms with Crippen molar-refractivity contribution in [2.75, 3.05) is 4.90 Å². The topological polar surface area (TPSA) is 29.5 Å². The van der Waals surface area contributed by atoms with Gasteiger partial charge in [0.05, 0.1) is 6.04 Å². The number of hydrogen-bond donors (Lipinski definition) is 0. The number of β-lactam (4-membered cyclic amide) rings is 1. The molecule has 1 aliphatic heterocycles. The molecule has 1 aliphatic rings. The Morgan fingerprint density at radius 1 is 0.900 bits per heavy atom. The van der Waals surface area contributed by atoms with E-state index in [0.717, 1.165) is 5.56 Å². The molecule has 0 bridgehead atoms. The molecule has 2 atom stereocenters. The highest BCUT2D eigenvalue weighted by molar-refractivity contribution is 6.30. The number of para-hydroxylation sites is 1. The van der Waals surface area contributed by atoms with Gasteiger partial charge in [0.1, 0.15) is 12.5 Å².